The van der Waals surface area contributed by atoms with Crippen LogP contribution >= 0.6 is 11.6 Å². The lowest BCUT2D eigenvalue weighted by Gasteiger charge is -2.44. The fourth-order valence-corrected chi connectivity index (χ4v) is 11.4. The van der Waals surface area contributed by atoms with E-state index in [0.29, 0.717) is 24.2 Å². The zero-order valence-corrected chi connectivity index (χ0v) is 27.7. The van der Waals surface area contributed by atoms with E-state index in [9.17, 15) is 4.79 Å². The Bertz CT molecular complexity index is 1830. The number of fused-ring (bicyclic) bond motifs is 1. The van der Waals surface area contributed by atoms with Crippen LogP contribution in [0.2, 0.25) is 10.2 Å². The van der Waals surface area contributed by atoms with Gasteiger partial charge in [0.1, 0.15) is 22.0 Å². The van der Waals surface area contributed by atoms with Crippen LogP contribution in [0.1, 0.15) is 55.2 Å². The lowest BCUT2D eigenvalue weighted by molar-refractivity contribution is 0.100. The summed E-state index contributed by atoms with van der Waals surface area (Å²) in [7, 11) is -1.11. The van der Waals surface area contributed by atoms with E-state index in [-0.39, 0.29) is 21.9 Å². The van der Waals surface area contributed by atoms with Crippen molar-refractivity contribution in [3.8, 4) is 5.75 Å². The number of pyridine rings is 1. The van der Waals surface area contributed by atoms with Crippen LogP contribution in [0.5, 0.6) is 5.75 Å². The van der Waals surface area contributed by atoms with E-state index < -0.39 is 14.2 Å². The van der Waals surface area contributed by atoms with Crippen molar-refractivity contribution in [2.45, 2.75) is 51.3 Å². The summed E-state index contributed by atoms with van der Waals surface area (Å²) in [6.45, 7) is 7.35. The van der Waals surface area contributed by atoms with Gasteiger partial charge in [-0.3, -0.25) is 9.48 Å². The molecule has 0 saturated heterocycles. The van der Waals surface area contributed by atoms with Crippen LogP contribution in [0.3, 0.4) is 0 Å². The third-order valence-corrected chi connectivity index (χ3v) is 13.9. The van der Waals surface area contributed by atoms with Gasteiger partial charge in [0, 0.05) is 11.6 Å². The minimum absolute atomic E-state index is 0.0527. The van der Waals surface area contributed by atoms with Crippen molar-refractivity contribution in [1.29, 1.82) is 0 Å². The van der Waals surface area contributed by atoms with Gasteiger partial charge in [0.05, 0.1) is 25.5 Å². The predicted molar refractivity (Wildman–Crippen MR) is 183 cm³/mol. The molecule has 0 fully saturated rings. The number of hydrogen-bond acceptors (Lipinski definition) is 5. The van der Waals surface area contributed by atoms with Crippen LogP contribution in [0.25, 0.3) is 16.5 Å². The van der Waals surface area contributed by atoms with Crippen molar-refractivity contribution in [2.75, 3.05) is 7.11 Å². The molecule has 6 rings (SSSR count). The van der Waals surface area contributed by atoms with Gasteiger partial charge >= 0.3 is 0 Å². The third kappa shape index (κ3) is 5.81. The lowest BCUT2D eigenvalue weighted by atomic mass is 10.1. The first kappa shape index (κ1) is 30.8. The highest BCUT2D eigenvalue weighted by Gasteiger charge is 2.51. The monoisotopic (exact) mass is 636 g/mol. The maximum absolute atomic E-state index is 12.5. The number of primary amides is 1. The number of nitrogens with two attached hydrogens (primary N) is 1. The van der Waals surface area contributed by atoms with Crippen LogP contribution in [-0.2, 0) is 11.0 Å². The molecule has 0 aliphatic heterocycles. The first-order valence-corrected chi connectivity index (χ1v) is 17.4. The number of halogens is 1. The molecule has 0 radical (unpaired) electrons. The van der Waals surface area contributed by atoms with Crippen molar-refractivity contribution in [1.82, 2.24) is 14.8 Å². The van der Waals surface area contributed by atoms with Gasteiger partial charge < -0.3 is 14.9 Å². The van der Waals surface area contributed by atoms with Crippen molar-refractivity contribution < 1.29 is 14.0 Å². The maximum atomic E-state index is 12.5. The van der Waals surface area contributed by atoms with E-state index >= 15 is 0 Å². The van der Waals surface area contributed by atoms with E-state index in [1.807, 2.05) is 30.5 Å². The number of amides is 1. The highest BCUT2D eigenvalue weighted by Crippen LogP contribution is 2.42. The topological polar surface area (TPSA) is 92.3 Å². The summed E-state index contributed by atoms with van der Waals surface area (Å²) in [5.74, 6) is 0.119. The smallest absolute Gasteiger partial charge is 0.261 e. The summed E-state index contributed by atoms with van der Waals surface area (Å²) < 4.78 is 14.5. The third-order valence-electron chi connectivity index (χ3n) is 8.56. The first-order valence-electron chi connectivity index (χ1n) is 15.1. The van der Waals surface area contributed by atoms with Crippen LogP contribution in [-0.4, -0.2) is 42.2 Å². The van der Waals surface area contributed by atoms with E-state index in [1.165, 1.54) is 10.4 Å². The highest BCUT2D eigenvalue weighted by atomic mass is 35.5. The fraction of sp³-hybridized carbons (Fsp3) is 0.250. The van der Waals surface area contributed by atoms with Gasteiger partial charge in [-0.15, -0.1) is 0 Å². The molecule has 2 N–H and O–H groups in total. The second-order valence-corrected chi connectivity index (χ2v) is 17.1. The average Bonchev–Trinajstić information content (AvgIpc) is 3.67. The van der Waals surface area contributed by atoms with Gasteiger partial charge in [0.25, 0.3) is 14.2 Å². The van der Waals surface area contributed by atoms with E-state index in [0.717, 1.165) is 28.7 Å². The Morgan fingerprint density at radius 3 is 2.18 bits per heavy atom. The van der Waals surface area contributed by atoms with Crippen LogP contribution in [0.4, 0.5) is 0 Å². The van der Waals surface area contributed by atoms with Crippen molar-refractivity contribution in [2.24, 2.45) is 5.73 Å². The number of nitrogens with zero attached hydrogens (tertiary/aromatic N) is 3. The number of benzene rings is 3. The van der Waals surface area contributed by atoms with Gasteiger partial charge in [-0.05, 0) is 51.5 Å². The maximum Gasteiger partial charge on any atom is 0.261 e. The zero-order valence-electron chi connectivity index (χ0n) is 26.0. The van der Waals surface area contributed by atoms with Gasteiger partial charge in [-0.1, -0.05) is 111 Å². The molecular formula is C36H37ClN4O3Si. The second kappa shape index (κ2) is 12.3. The SMILES string of the molecule is COc1ccc(Cn2cc3c(C4=CCC(O[Si](c5ccccc5)(c5ccccc5)C(C)(C)C)C4)nc(Cl)c(C(N)=O)c3n2)cc1. The largest absolute Gasteiger partial charge is 0.497 e. The highest BCUT2D eigenvalue weighted by molar-refractivity contribution is 6.99. The molecule has 3 aromatic carbocycles. The fourth-order valence-electron chi connectivity index (χ4n) is 6.46. The first-order chi connectivity index (χ1) is 21.6. The lowest BCUT2D eigenvalue weighted by Crippen LogP contribution is -2.67. The number of ether oxygens (including phenoxy) is 1. The van der Waals surface area contributed by atoms with E-state index in [2.05, 4.69) is 87.5 Å². The molecule has 1 unspecified atom stereocenters. The van der Waals surface area contributed by atoms with Gasteiger partial charge in [-0.25, -0.2) is 4.98 Å². The van der Waals surface area contributed by atoms with Gasteiger partial charge in [0.15, 0.2) is 0 Å². The number of carbonyl (C=O) groups excluding carboxylic acids is 1. The molecule has 1 aliphatic carbocycles. The van der Waals surface area contributed by atoms with Crippen molar-refractivity contribution >= 4 is 52.7 Å². The Labute approximate surface area is 269 Å². The molecular weight excluding hydrogens is 600 g/mol. The summed E-state index contributed by atoms with van der Waals surface area (Å²) >= 11 is 6.62. The Morgan fingerprint density at radius 1 is 1.00 bits per heavy atom. The molecule has 2 aromatic heterocycles. The van der Waals surface area contributed by atoms with Gasteiger partial charge in [0.2, 0.25) is 0 Å². The number of methoxy groups -OCH3 is 1. The molecule has 0 bridgehead atoms. The minimum atomic E-state index is -2.75. The van der Waals surface area contributed by atoms with E-state index in [4.69, 9.17) is 36.6 Å². The number of hydrogen-bond donors (Lipinski definition) is 1. The Balaban J connectivity index is 1.37. The summed E-state index contributed by atoms with van der Waals surface area (Å²) in [5, 5.41) is 7.90. The summed E-state index contributed by atoms with van der Waals surface area (Å²) in [6.07, 6.45) is 5.43. The second-order valence-electron chi connectivity index (χ2n) is 12.5. The molecule has 0 spiro atoms. The molecule has 0 saturated carbocycles. The zero-order chi connectivity index (χ0) is 31.8. The number of carbonyl (C=O) groups is 1. The van der Waals surface area contributed by atoms with Crippen LogP contribution in [0.15, 0.2) is 97.2 Å². The molecule has 1 aliphatic rings. The quantitative estimate of drug-likeness (QED) is 0.150. The molecule has 230 valence electrons. The average molecular weight is 637 g/mol. The normalized spacial score (nSPS) is 15.3. The van der Waals surface area contributed by atoms with Crippen LogP contribution in [0, 0.1) is 0 Å². The molecule has 9 heteroatoms. The molecule has 2 heterocycles. The Morgan fingerprint density at radius 2 is 1.62 bits per heavy atom. The predicted octanol–water partition coefficient (Wildman–Crippen LogP) is 6.36. The molecule has 7 nitrogen and oxygen atoms in total. The van der Waals surface area contributed by atoms with Crippen molar-refractivity contribution in [3.63, 3.8) is 0 Å². The molecule has 5 aromatic rings. The summed E-state index contributed by atoms with van der Waals surface area (Å²) in [6, 6.07) is 29.1. The molecule has 1 atom stereocenters. The number of rotatable bonds is 9. The van der Waals surface area contributed by atoms with Gasteiger partial charge in [-0.2, -0.15) is 5.10 Å². The Kier molecular flexibility index (Phi) is 8.39. The number of aromatic nitrogens is 3. The summed E-state index contributed by atoms with van der Waals surface area (Å²) in [5.41, 5.74) is 9.09. The molecule has 45 heavy (non-hydrogen) atoms. The van der Waals surface area contributed by atoms with E-state index in [1.54, 1.807) is 11.8 Å². The van der Waals surface area contributed by atoms with Crippen molar-refractivity contribution in [3.05, 3.63) is 119 Å². The Hall–Kier alpha value is -4.24. The standard InChI is InChI=1S/C36H37ClN4O3Si/c1-36(2,3)45(28-11-7-5-8-12-28,29-13-9-6-10-14-29)44-27-20-17-25(21-27)32-30-23-41(22-24-15-18-26(43-4)19-16-24)40-33(30)31(35(38)42)34(37)39-32/h5-19,23,27H,20-22H2,1-4H3,(H2,38,42). The van der Waals surface area contributed by atoms with Crippen LogP contribution < -0.4 is 20.8 Å². The molecule has 1 amide bonds. The minimum Gasteiger partial charge on any atom is -0.497 e. The summed E-state index contributed by atoms with van der Waals surface area (Å²) in [4.78, 5) is 17.2.